The molecule has 1 saturated heterocycles. The van der Waals surface area contributed by atoms with Crippen molar-refractivity contribution in [2.24, 2.45) is 28.6 Å². The van der Waals surface area contributed by atoms with Crippen LogP contribution in [0.3, 0.4) is 0 Å². The highest BCUT2D eigenvalue weighted by Crippen LogP contribution is 2.64. The monoisotopic (exact) mass is 478 g/mol. The molecule has 8 heteroatoms. The van der Waals surface area contributed by atoms with Gasteiger partial charge in [-0.05, 0) is 54.4 Å². The van der Waals surface area contributed by atoms with Crippen molar-refractivity contribution in [3.8, 4) is 0 Å². The maximum Gasteiger partial charge on any atom is 0.343 e. The lowest BCUT2D eigenvalue weighted by Crippen LogP contribution is -2.61. The van der Waals surface area contributed by atoms with E-state index in [4.69, 9.17) is 13.9 Å². The molecule has 1 N–H and O–H groups in total. The average Bonchev–Trinajstić information content (AvgIpc) is 3.35. The van der Waals surface area contributed by atoms with Crippen molar-refractivity contribution in [3.63, 3.8) is 0 Å². The second kappa shape index (κ2) is 8.22. The van der Waals surface area contributed by atoms with Gasteiger partial charge in [-0.2, -0.15) is 0 Å². The van der Waals surface area contributed by atoms with Crippen molar-refractivity contribution in [2.75, 3.05) is 0 Å². The number of furan rings is 1. The zero-order valence-corrected chi connectivity index (χ0v) is 19.4. The van der Waals surface area contributed by atoms with Crippen molar-refractivity contribution < 1.29 is 38.2 Å². The van der Waals surface area contributed by atoms with Crippen molar-refractivity contribution in [2.45, 2.75) is 39.2 Å². The van der Waals surface area contributed by atoms with Crippen LogP contribution in [0.5, 0.6) is 0 Å². The van der Waals surface area contributed by atoms with Gasteiger partial charge in [0.15, 0.2) is 5.76 Å². The Kier molecular flexibility index (Phi) is 5.42. The number of carbonyl (C=O) groups excluding carboxylic acids is 3. The third-order valence-electron chi connectivity index (χ3n) is 8.18. The molecule has 2 aromatic rings. The van der Waals surface area contributed by atoms with Gasteiger partial charge in [-0.25, -0.2) is 4.79 Å². The molecule has 2 aliphatic carbocycles. The number of esters is 2. The van der Waals surface area contributed by atoms with Crippen molar-refractivity contribution in [1.82, 2.24) is 0 Å². The van der Waals surface area contributed by atoms with Gasteiger partial charge in [0.1, 0.15) is 6.10 Å². The Balaban J connectivity index is 1.56. The van der Waals surface area contributed by atoms with E-state index in [1.807, 2.05) is 6.92 Å². The second-order valence-corrected chi connectivity index (χ2v) is 10.2. The van der Waals surface area contributed by atoms with E-state index in [1.54, 1.807) is 43.3 Å². The maximum absolute atomic E-state index is 14.0. The number of ketones is 1. The summed E-state index contributed by atoms with van der Waals surface area (Å²) in [5, 5.41) is 10.1. The first-order valence-corrected chi connectivity index (χ1v) is 11.6. The Morgan fingerprint density at radius 1 is 1.09 bits per heavy atom. The number of Topliss-reactive ketones (excluding diaryl/α,β-unsaturated/α-hetero) is 1. The standard InChI is InChI=1S/C27H26O8/c1-26-10-8-17-25(32)35-20(16-9-11-33-14-16)13-27(17,2)22(26)21(28)19(12-18(26)23(29)30)34-24(31)15-6-4-3-5-7-15/h3-7,9,11-12,14,17-18,20,22H,8,10,13H2,1-2H3,(H,29,30). The lowest BCUT2D eigenvalue weighted by atomic mass is 9.44. The fraction of sp³-hybridized carbons (Fsp3) is 0.407. The molecule has 8 nitrogen and oxygen atoms in total. The van der Waals surface area contributed by atoms with Crippen LogP contribution in [-0.4, -0.2) is 28.8 Å². The van der Waals surface area contributed by atoms with Crippen LogP contribution in [-0.2, 0) is 23.9 Å². The highest BCUT2D eigenvalue weighted by Gasteiger charge is 2.66. The number of fused-ring (bicyclic) bond motifs is 3. The smallest absolute Gasteiger partial charge is 0.343 e. The zero-order valence-electron chi connectivity index (χ0n) is 19.4. The number of hydrogen-bond acceptors (Lipinski definition) is 7. The SMILES string of the molecule is CC12CCC3C(=O)OC(c4ccoc4)CC3(C)C1C(=O)C(OC(=O)c1ccccc1)=CC2C(=O)O. The van der Waals surface area contributed by atoms with Crippen molar-refractivity contribution >= 4 is 23.7 Å². The molecule has 5 rings (SSSR count). The Hall–Kier alpha value is -3.68. The van der Waals surface area contributed by atoms with E-state index in [0.29, 0.717) is 24.8 Å². The molecule has 1 aromatic carbocycles. The third kappa shape index (κ3) is 3.59. The molecule has 0 bridgehead atoms. The number of carbonyl (C=O) groups is 4. The van der Waals surface area contributed by atoms with Crippen LogP contribution in [0.4, 0.5) is 0 Å². The van der Waals surface area contributed by atoms with Crippen LogP contribution in [0.15, 0.2) is 65.2 Å². The summed E-state index contributed by atoms with van der Waals surface area (Å²) in [6.07, 6.45) is 4.70. The van der Waals surface area contributed by atoms with E-state index in [0.717, 1.165) is 0 Å². The largest absolute Gasteiger partial charge is 0.481 e. The van der Waals surface area contributed by atoms with Gasteiger partial charge in [0, 0.05) is 11.5 Å². The Morgan fingerprint density at radius 2 is 1.83 bits per heavy atom. The highest BCUT2D eigenvalue weighted by atomic mass is 16.5. The number of cyclic esters (lactones) is 1. The summed E-state index contributed by atoms with van der Waals surface area (Å²) in [4.78, 5) is 52.2. The first-order valence-electron chi connectivity index (χ1n) is 11.6. The predicted molar refractivity (Wildman–Crippen MR) is 121 cm³/mol. The normalized spacial score (nSPS) is 34.2. The zero-order chi connectivity index (χ0) is 25.0. The van der Waals surface area contributed by atoms with E-state index < -0.39 is 58.4 Å². The Morgan fingerprint density at radius 3 is 2.49 bits per heavy atom. The number of allylic oxidation sites excluding steroid dienone is 1. The molecule has 0 radical (unpaired) electrons. The molecule has 182 valence electrons. The summed E-state index contributed by atoms with van der Waals surface area (Å²) < 4.78 is 16.4. The highest BCUT2D eigenvalue weighted by molar-refractivity contribution is 6.03. The van der Waals surface area contributed by atoms with Gasteiger partial charge in [-0.15, -0.1) is 0 Å². The van der Waals surface area contributed by atoms with E-state index in [9.17, 15) is 24.3 Å². The van der Waals surface area contributed by atoms with Crippen LogP contribution in [0.2, 0.25) is 0 Å². The molecular weight excluding hydrogens is 452 g/mol. The van der Waals surface area contributed by atoms with E-state index in [2.05, 4.69) is 0 Å². The molecule has 3 aliphatic rings. The molecule has 0 spiro atoms. The number of carboxylic acids is 1. The summed E-state index contributed by atoms with van der Waals surface area (Å²) in [6.45, 7) is 3.64. The molecule has 1 aliphatic heterocycles. The van der Waals surface area contributed by atoms with Crippen LogP contribution in [0.1, 0.15) is 55.1 Å². The fourth-order valence-electron chi connectivity index (χ4n) is 6.51. The number of aliphatic carboxylic acids is 1. The van der Waals surface area contributed by atoms with Crippen LogP contribution in [0.25, 0.3) is 0 Å². The van der Waals surface area contributed by atoms with Gasteiger partial charge in [-0.3, -0.25) is 14.4 Å². The average molecular weight is 478 g/mol. The summed E-state index contributed by atoms with van der Waals surface area (Å²) in [6, 6.07) is 9.90. The van der Waals surface area contributed by atoms with E-state index >= 15 is 0 Å². The lowest BCUT2D eigenvalue weighted by molar-refractivity contribution is -0.197. The summed E-state index contributed by atoms with van der Waals surface area (Å²) in [5.41, 5.74) is -0.951. The van der Waals surface area contributed by atoms with Crippen LogP contribution in [0, 0.1) is 28.6 Å². The molecule has 35 heavy (non-hydrogen) atoms. The minimum absolute atomic E-state index is 0.246. The van der Waals surface area contributed by atoms with Gasteiger partial charge in [-0.1, -0.05) is 32.0 Å². The van der Waals surface area contributed by atoms with E-state index in [1.165, 1.54) is 18.6 Å². The molecule has 6 unspecified atom stereocenters. The van der Waals surface area contributed by atoms with E-state index in [-0.39, 0.29) is 11.3 Å². The minimum Gasteiger partial charge on any atom is -0.481 e. The number of benzene rings is 1. The Labute approximate surface area is 201 Å². The van der Waals surface area contributed by atoms with Gasteiger partial charge >= 0.3 is 17.9 Å². The van der Waals surface area contributed by atoms with Crippen molar-refractivity contribution in [3.05, 3.63) is 71.9 Å². The molecule has 0 amide bonds. The van der Waals surface area contributed by atoms with Gasteiger partial charge in [0.05, 0.1) is 29.9 Å². The van der Waals surface area contributed by atoms with Gasteiger partial charge in [0.2, 0.25) is 5.78 Å². The minimum atomic E-state index is -1.11. The first kappa shape index (κ1) is 23.1. The molecule has 1 aromatic heterocycles. The number of hydrogen-bond donors (Lipinski definition) is 1. The van der Waals surface area contributed by atoms with Crippen molar-refractivity contribution in [1.29, 1.82) is 0 Å². The summed E-state index contributed by atoms with van der Waals surface area (Å²) >= 11 is 0. The molecule has 2 fully saturated rings. The molecule has 6 atom stereocenters. The summed E-state index contributed by atoms with van der Waals surface area (Å²) in [5.74, 6) is -5.50. The fourth-order valence-corrected chi connectivity index (χ4v) is 6.51. The van der Waals surface area contributed by atoms with Gasteiger partial charge < -0.3 is 19.0 Å². The number of ether oxygens (including phenoxy) is 2. The molecular formula is C27H26O8. The third-order valence-corrected chi connectivity index (χ3v) is 8.18. The Bertz CT molecular complexity index is 1210. The topological polar surface area (TPSA) is 120 Å². The quantitative estimate of drug-likeness (QED) is 0.645. The lowest BCUT2D eigenvalue weighted by Gasteiger charge is -2.59. The first-order chi connectivity index (χ1) is 16.6. The van der Waals surface area contributed by atoms with Gasteiger partial charge in [0.25, 0.3) is 0 Å². The molecule has 1 saturated carbocycles. The summed E-state index contributed by atoms with van der Waals surface area (Å²) in [7, 11) is 0. The predicted octanol–water partition coefficient (Wildman–Crippen LogP) is 4.33. The molecule has 2 heterocycles. The number of rotatable bonds is 4. The van der Waals surface area contributed by atoms with Crippen LogP contribution < -0.4 is 0 Å². The number of carboxylic acid groups (broad SMARTS) is 1. The maximum atomic E-state index is 14.0. The second-order valence-electron chi connectivity index (χ2n) is 10.2. The van der Waals surface area contributed by atoms with Crippen LogP contribution >= 0.6 is 0 Å².